The van der Waals surface area contributed by atoms with Crippen molar-refractivity contribution in [2.24, 2.45) is 0 Å². The molecule has 1 aromatic carbocycles. The molecule has 0 spiro atoms. The van der Waals surface area contributed by atoms with Gasteiger partial charge in [-0.1, -0.05) is 12.1 Å². The van der Waals surface area contributed by atoms with Gasteiger partial charge in [0.15, 0.2) is 17.3 Å². The minimum absolute atomic E-state index is 0.253. The summed E-state index contributed by atoms with van der Waals surface area (Å²) in [5.41, 5.74) is 14.7. The third-order valence-electron chi connectivity index (χ3n) is 3.15. The van der Waals surface area contributed by atoms with Crippen molar-refractivity contribution >= 4 is 22.7 Å². The molecule has 0 saturated carbocycles. The van der Waals surface area contributed by atoms with Crippen LogP contribution in [0.15, 0.2) is 30.6 Å². The molecule has 4 N–H and O–H groups in total. The molecule has 6 nitrogen and oxygen atoms in total. The van der Waals surface area contributed by atoms with Crippen LogP contribution >= 0.6 is 0 Å². The monoisotopic (exact) mass is 268 g/mol. The number of imidazole rings is 1. The Morgan fingerprint density at radius 3 is 2.65 bits per heavy atom. The smallest absolute Gasteiger partial charge is 0.166 e. The zero-order valence-electron chi connectivity index (χ0n) is 11.4. The quantitative estimate of drug-likeness (QED) is 0.695. The largest absolute Gasteiger partial charge is 0.399 e. The number of nitrogens with two attached hydrogens (primary N) is 2. The Morgan fingerprint density at radius 1 is 1.15 bits per heavy atom. The summed E-state index contributed by atoms with van der Waals surface area (Å²) in [6, 6.07) is 7.68. The first-order chi connectivity index (χ1) is 9.56. The number of hydrogen-bond donors (Lipinski definition) is 2. The van der Waals surface area contributed by atoms with Gasteiger partial charge >= 0.3 is 0 Å². The van der Waals surface area contributed by atoms with Crippen molar-refractivity contribution in [3.05, 3.63) is 30.6 Å². The molecule has 0 radical (unpaired) electrons. The van der Waals surface area contributed by atoms with Crippen LogP contribution in [0.5, 0.6) is 0 Å². The average molecular weight is 268 g/mol. The van der Waals surface area contributed by atoms with E-state index in [1.165, 1.54) is 0 Å². The predicted molar refractivity (Wildman–Crippen MR) is 80.0 cm³/mol. The Labute approximate surface area is 116 Å². The van der Waals surface area contributed by atoms with Crippen molar-refractivity contribution in [3.8, 4) is 11.4 Å². The van der Waals surface area contributed by atoms with Crippen molar-refractivity contribution in [2.75, 3.05) is 11.5 Å². The lowest BCUT2D eigenvalue weighted by atomic mass is 10.2. The molecule has 102 valence electrons. The van der Waals surface area contributed by atoms with Crippen LogP contribution in [0.2, 0.25) is 0 Å². The van der Waals surface area contributed by atoms with Gasteiger partial charge in [-0.3, -0.25) is 0 Å². The van der Waals surface area contributed by atoms with E-state index >= 15 is 0 Å². The summed E-state index contributed by atoms with van der Waals surface area (Å²) in [4.78, 5) is 13.2. The van der Waals surface area contributed by atoms with Gasteiger partial charge in [0.05, 0.1) is 6.33 Å². The van der Waals surface area contributed by atoms with Gasteiger partial charge in [-0.2, -0.15) is 0 Å². The summed E-state index contributed by atoms with van der Waals surface area (Å²) in [5, 5.41) is 0. The lowest BCUT2D eigenvalue weighted by Crippen LogP contribution is -2.03. The SMILES string of the molecule is CC(C)n1cnc2c(N)nc(-c3cccc(N)c3)nc21. The molecule has 20 heavy (non-hydrogen) atoms. The lowest BCUT2D eigenvalue weighted by Gasteiger charge is -2.08. The number of benzene rings is 1. The molecule has 0 aliphatic carbocycles. The van der Waals surface area contributed by atoms with Gasteiger partial charge in [0, 0.05) is 17.3 Å². The van der Waals surface area contributed by atoms with Gasteiger partial charge in [0.2, 0.25) is 0 Å². The number of hydrogen-bond acceptors (Lipinski definition) is 5. The van der Waals surface area contributed by atoms with Crippen LogP contribution in [0.4, 0.5) is 11.5 Å². The molecule has 0 aliphatic rings. The Morgan fingerprint density at radius 2 is 1.95 bits per heavy atom. The summed E-state index contributed by atoms with van der Waals surface area (Å²) in [7, 11) is 0. The number of rotatable bonds is 2. The maximum Gasteiger partial charge on any atom is 0.166 e. The average Bonchev–Trinajstić information content (AvgIpc) is 2.83. The maximum atomic E-state index is 5.99. The molecule has 0 aliphatic heterocycles. The van der Waals surface area contributed by atoms with E-state index in [0.717, 1.165) is 11.2 Å². The van der Waals surface area contributed by atoms with Crippen LogP contribution in [-0.4, -0.2) is 19.5 Å². The van der Waals surface area contributed by atoms with E-state index in [9.17, 15) is 0 Å². The highest BCUT2D eigenvalue weighted by atomic mass is 15.1. The van der Waals surface area contributed by atoms with Crippen molar-refractivity contribution < 1.29 is 0 Å². The van der Waals surface area contributed by atoms with Crippen molar-refractivity contribution in [3.63, 3.8) is 0 Å². The van der Waals surface area contributed by atoms with Gasteiger partial charge in [0.25, 0.3) is 0 Å². The van der Waals surface area contributed by atoms with Crippen LogP contribution in [0.25, 0.3) is 22.6 Å². The first-order valence-corrected chi connectivity index (χ1v) is 6.42. The zero-order valence-corrected chi connectivity index (χ0v) is 11.4. The molecule has 3 aromatic rings. The molecule has 0 unspecified atom stereocenters. The second kappa shape index (κ2) is 4.48. The summed E-state index contributed by atoms with van der Waals surface area (Å²) in [6.07, 6.45) is 1.74. The van der Waals surface area contributed by atoms with Gasteiger partial charge in [-0.05, 0) is 26.0 Å². The Bertz CT molecular complexity index is 774. The van der Waals surface area contributed by atoms with Crippen LogP contribution < -0.4 is 11.5 Å². The number of aromatic nitrogens is 4. The van der Waals surface area contributed by atoms with Gasteiger partial charge in [0.1, 0.15) is 5.52 Å². The zero-order chi connectivity index (χ0) is 14.3. The molecule has 0 atom stereocenters. The highest BCUT2D eigenvalue weighted by Gasteiger charge is 2.13. The van der Waals surface area contributed by atoms with Crippen molar-refractivity contribution in [1.29, 1.82) is 0 Å². The number of fused-ring (bicyclic) bond motifs is 1. The second-order valence-corrected chi connectivity index (χ2v) is 4.98. The van der Waals surface area contributed by atoms with E-state index < -0.39 is 0 Å². The molecule has 0 bridgehead atoms. The van der Waals surface area contributed by atoms with Gasteiger partial charge < -0.3 is 16.0 Å². The van der Waals surface area contributed by atoms with Gasteiger partial charge in [-0.15, -0.1) is 0 Å². The molecule has 0 amide bonds. The Hall–Kier alpha value is -2.63. The number of nitrogens with zero attached hydrogens (tertiary/aromatic N) is 4. The minimum Gasteiger partial charge on any atom is -0.399 e. The lowest BCUT2D eigenvalue weighted by molar-refractivity contribution is 0.613. The topological polar surface area (TPSA) is 95.6 Å². The van der Waals surface area contributed by atoms with Crippen LogP contribution in [0.3, 0.4) is 0 Å². The molecule has 2 aromatic heterocycles. The fourth-order valence-electron chi connectivity index (χ4n) is 2.12. The minimum atomic E-state index is 0.253. The van der Waals surface area contributed by atoms with Crippen LogP contribution in [0.1, 0.15) is 19.9 Å². The van der Waals surface area contributed by atoms with E-state index in [1.807, 2.05) is 28.8 Å². The first-order valence-electron chi connectivity index (χ1n) is 6.42. The molecule has 0 fully saturated rings. The van der Waals surface area contributed by atoms with E-state index in [0.29, 0.717) is 22.8 Å². The summed E-state index contributed by atoms with van der Waals surface area (Å²) >= 11 is 0. The summed E-state index contributed by atoms with van der Waals surface area (Å²) in [5.74, 6) is 0.941. The molecule has 3 rings (SSSR count). The normalized spacial score (nSPS) is 11.3. The fourth-order valence-corrected chi connectivity index (χ4v) is 2.12. The third-order valence-corrected chi connectivity index (χ3v) is 3.15. The molecule has 2 heterocycles. The molecule has 0 saturated heterocycles. The standard InChI is InChI=1S/C14H16N6/c1-8(2)20-7-17-11-12(16)18-13(19-14(11)20)9-4-3-5-10(15)6-9/h3-8H,15H2,1-2H3,(H2,16,18,19). The van der Waals surface area contributed by atoms with E-state index in [1.54, 1.807) is 6.33 Å². The summed E-state index contributed by atoms with van der Waals surface area (Å²) in [6.45, 7) is 4.14. The van der Waals surface area contributed by atoms with Gasteiger partial charge in [-0.25, -0.2) is 15.0 Å². The first kappa shape index (κ1) is 12.4. The highest BCUT2D eigenvalue weighted by Crippen LogP contribution is 2.24. The molecule has 6 heteroatoms. The van der Waals surface area contributed by atoms with Crippen LogP contribution in [0, 0.1) is 0 Å². The predicted octanol–water partition coefficient (Wildman–Crippen LogP) is 2.24. The molecular weight excluding hydrogens is 252 g/mol. The van der Waals surface area contributed by atoms with Crippen LogP contribution in [-0.2, 0) is 0 Å². The highest BCUT2D eigenvalue weighted by molar-refractivity contribution is 5.84. The number of nitrogen functional groups attached to an aromatic ring is 2. The van der Waals surface area contributed by atoms with E-state index in [-0.39, 0.29) is 6.04 Å². The Balaban J connectivity index is 2.25. The van der Waals surface area contributed by atoms with E-state index in [4.69, 9.17) is 11.5 Å². The van der Waals surface area contributed by atoms with Crippen molar-refractivity contribution in [2.45, 2.75) is 19.9 Å². The third kappa shape index (κ3) is 1.95. The number of anilines is 2. The fraction of sp³-hybridized carbons (Fsp3) is 0.214. The maximum absolute atomic E-state index is 5.99. The Kier molecular flexibility index (Phi) is 2.78. The summed E-state index contributed by atoms with van der Waals surface area (Å²) < 4.78 is 1.98. The second-order valence-electron chi connectivity index (χ2n) is 4.98. The van der Waals surface area contributed by atoms with Crippen molar-refractivity contribution in [1.82, 2.24) is 19.5 Å². The van der Waals surface area contributed by atoms with E-state index in [2.05, 4.69) is 28.8 Å². The molecular formula is C14H16N6.